The zero-order chi connectivity index (χ0) is 22.5. The first-order chi connectivity index (χ1) is 16.3. The van der Waals surface area contributed by atoms with Gasteiger partial charge in [-0.2, -0.15) is 0 Å². The number of hydrogen-bond acceptors (Lipinski definition) is 4. The van der Waals surface area contributed by atoms with Crippen LogP contribution in [0.15, 0.2) is 121 Å². The van der Waals surface area contributed by atoms with Crippen LogP contribution in [0.4, 0.5) is 0 Å². The molecule has 5 aromatic rings. The summed E-state index contributed by atoms with van der Waals surface area (Å²) in [4.78, 5) is 22.2. The number of aromatic nitrogens is 2. The van der Waals surface area contributed by atoms with E-state index in [-0.39, 0.29) is 0 Å². The molecule has 33 heavy (non-hydrogen) atoms. The van der Waals surface area contributed by atoms with Crippen LogP contribution in [0.5, 0.6) is 0 Å². The van der Waals surface area contributed by atoms with Crippen LogP contribution in [0.1, 0.15) is 15.9 Å². The number of imidazole rings is 1. The Morgan fingerprint density at radius 3 is 2.24 bits per heavy atom. The van der Waals surface area contributed by atoms with Gasteiger partial charge in [-0.25, -0.2) is 9.78 Å². The van der Waals surface area contributed by atoms with Gasteiger partial charge >= 0.3 is 5.97 Å². The molecular weight excluding hydrogens is 410 g/mol. The average molecular weight is 431 g/mol. The van der Waals surface area contributed by atoms with Gasteiger partial charge in [0, 0.05) is 18.0 Å². The van der Waals surface area contributed by atoms with Crippen LogP contribution in [-0.2, 0) is 11.4 Å². The minimum absolute atomic E-state index is 0.429. The van der Waals surface area contributed by atoms with Crippen molar-refractivity contribution >= 4 is 22.5 Å². The maximum absolute atomic E-state index is 12.7. The Kier molecular flexibility index (Phi) is 5.76. The normalized spacial score (nSPS) is 11.5. The second-order valence-corrected chi connectivity index (χ2v) is 7.66. The molecule has 0 atom stereocenters. The Balaban J connectivity index is 1.39. The van der Waals surface area contributed by atoms with E-state index in [2.05, 4.69) is 16.2 Å². The third-order valence-electron chi connectivity index (χ3n) is 5.44. The van der Waals surface area contributed by atoms with Gasteiger partial charge in [-0.15, -0.1) is 0 Å². The molecule has 0 fully saturated rings. The van der Waals surface area contributed by atoms with Gasteiger partial charge < -0.3 is 9.40 Å². The van der Waals surface area contributed by atoms with Crippen molar-refractivity contribution in [3.8, 4) is 11.1 Å². The first-order valence-corrected chi connectivity index (χ1v) is 10.6. The van der Waals surface area contributed by atoms with E-state index in [0.717, 1.165) is 27.5 Å². The molecule has 160 valence electrons. The van der Waals surface area contributed by atoms with Crippen LogP contribution in [0.3, 0.4) is 0 Å². The number of fused-ring (bicyclic) bond motifs is 1. The summed E-state index contributed by atoms with van der Waals surface area (Å²) < 4.78 is 1.89. The minimum Gasteiger partial charge on any atom is -0.331 e. The van der Waals surface area contributed by atoms with Crippen LogP contribution in [-0.4, -0.2) is 21.2 Å². The van der Waals surface area contributed by atoms with E-state index in [1.165, 1.54) is 0 Å². The Hall–Kier alpha value is -4.51. The number of rotatable bonds is 6. The summed E-state index contributed by atoms with van der Waals surface area (Å²) >= 11 is 0. The molecule has 0 radical (unpaired) electrons. The number of carbonyl (C=O) groups excluding carboxylic acids is 1. The van der Waals surface area contributed by atoms with Crippen molar-refractivity contribution in [2.45, 2.75) is 6.54 Å². The van der Waals surface area contributed by atoms with E-state index < -0.39 is 5.97 Å². The fraction of sp³-hybridized carbons (Fsp3) is 0.0357. The van der Waals surface area contributed by atoms with Gasteiger partial charge in [-0.3, -0.25) is 0 Å². The predicted octanol–water partition coefficient (Wildman–Crippen LogP) is 5.96. The molecule has 0 aliphatic heterocycles. The van der Waals surface area contributed by atoms with Gasteiger partial charge in [0.15, 0.2) is 0 Å². The van der Waals surface area contributed by atoms with Crippen molar-refractivity contribution in [3.05, 3.63) is 127 Å². The van der Waals surface area contributed by atoms with Gasteiger partial charge in [-0.05, 0) is 40.1 Å². The predicted molar refractivity (Wildman–Crippen MR) is 130 cm³/mol. The fourth-order valence-electron chi connectivity index (χ4n) is 3.67. The Morgan fingerprint density at radius 1 is 0.788 bits per heavy atom. The number of hydrogen-bond donors (Lipinski definition) is 0. The molecule has 0 bridgehead atoms. The van der Waals surface area contributed by atoms with E-state index in [1.54, 1.807) is 24.7 Å². The summed E-state index contributed by atoms with van der Waals surface area (Å²) in [6, 6.07) is 31.5. The molecule has 0 saturated heterocycles. The molecule has 0 aliphatic carbocycles. The molecule has 5 nitrogen and oxygen atoms in total. The zero-order valence-corrected chi connectivity index (χ0v) is 17.8. The van der Waals surface area contributed by atoms with Gasteiger partial charge in [0.05, 0.1) is 18.4 Å². The lowest BCUT2D eigenvalue weighted by Crippen LogP contribution is -2.13. The highest BCUT2D eigenvalue weighted by atomic mass is 16.7. The average Bonchev–Trinajstić information content (AvgIpc) is 3.40. The van der Waals surface area contributed by atoms with E-state index >= 15 is 0 Å². The van der Waals surface area contributed by atoms with Gasteiger partial charge in [0.1, 0.15) is 5.71 Å². The summed E-state index contributed by atoms with van der Waals surface area (Å²) in [5.74, 6) is -0.501. The fourth-order valence-corrected chi connectivity index (χ4v) is 3.67. The highest BCUT2D eigenvalue weighted by molar-refractivity contribution is 6.03. The number of carbonyl (C=O) groups is 1. The summed E-state index contributed by atoms with van der Waals surface area (Å²) in [7, 11) is 0. The van der Waals surface area contributed by atoms with E-state index in [9.17, 15) is 4.79 Å². The zero-order valence-electron chi connectivity index (χ0n) is 17.8. The SMILES string of the molecule is O=C(O/N=C(\Cn1ccnc1)c1ccc2ccccc2c1)c1ccc(-c2ccccc2)cc1. The molecule has 0 unspecified atom stereocenters. The maximum Gasteiger partial charge on any atom is 0.365 e. The Morgan fingerprint density at radius 2 is 1.48 bits per heavy atom. The Bertz CT molecular complexity index is 1410. The summed E-state index contributed by atoms with van der Waals surface area (Å²) in [5, 5.41) is 6.48. The first-order valence-electron chi connectivity index (χ1n) is 10.6. The molecule has 0 amide bonds. The lowest BCUT2D eigenvalue weighted by molar-refractivity contribution is 0.0515. The van der Waals surface area contributed by atoms with Crippen LogP contribution in [0, 0.1) is 0 Å². The van der Waals surface area contributed by atoms with E-state index in [0.29, 0.717) is 17.8 Å². The molecule has 1 heterocycles. The lowest BCUT2D eigenvalue weighted by Gasteiger charge is -2.09. The molecule has 0 saturated carbocycles. The lowest BCUT2D eigenvalue weighted by atomic mass is 10.0. The second-order valence-electron chi connectivity index (χ2n) is 7.66. The monoisotopic (exact) mass is 431 g/mol. The van der Waals surface area contributed by atoms with Gasteiger partial charge in [0.25, 0.3) is 0 Å². The number of nitrogens with zero attached hydrogens (tertiary/aromatic N) is 3. The molecule has 0 spiro atoms. The second kappa shape index (κ2) is 9.32. The molecule has 0 N–H and O–H groups in total. The van der Waals surface area contributed by atoms with Crippen LogP contribution >= 0.6 is 0 Å². The molecular formula is C28H21N3O2. The van der Waals surface area contributed by atoms with Gasteiger partial charge in [-0.1, -0.05) is 84.0 Å². The van der Waals surface area contributed by atoms with E-state index in [4.69, 9.17) is 4.84 Å². The van der Waals surface area contributed by atoms with E-state index in [1.807, 2.05) is 89.6 Å². The summed E-state index contributed by atoms with van der Waals surface area (Å²) in [6.45, 7) is 0.429. The van der Waals surface area contributed by atoms with Crippen LogP contribution in [0.25, 0.3) is 21.9 Å². The smallest absolute Gasteiger partial charge is 0.331 e. The molecule has 4 aromatic carbocycles. The third-order valence-corrected chi connectivity index (χ3v) is 5.44. The van der Waals surface area contributed by atoms with Crippen molar-refractivity contribution in [3.63, 3.8) is 0 Å². The molecule has 1 aromatic heterocycles. The van der Waals surface area contributed by atoms with Crippen molar-refractivity contribution in [2.24, 2.45) is 5.16 Å². The van der Waals surface area contributed by atoms with Crippen LogP contribution in [0.2, 0.25) is 0 Å². The third kappa shape index (κ3) is 4.72. The molecule has 5 heteroatoms. The quantitative estimate of drug-likeness (QED) is 0.189. The largest absolute Gasteiger partial charge is 0.365 e. The van der Waals surface area contributed by atoms with Crippen molar-refractivity contribution in [2.75, 3.05) is 0 Å². The molecule has 5 rings (SSSR count). The summed E-state index contributed by atoms with van der Waals surface area (Å²) in [6.07, 6.45) is 5.26. The highest BCUT2D eigenvalue weighted by Gasteiger charge is 2.11. The summed E-state index contributed by atoms with van der Waals surface area (Å²) in [5.41, 5.74) is 4.09. The standard InChI is InChI=1S/C28H21N3O2/c32-28(24-13-10-23(11-14-24)21-6-2-1-3-7-21)33-30-27(19-31-17-16-29-20-31)26-15-12-22-8-4-5-9-25(22)18-26/h1-18,20H,19H2/b30-27+. The minimum atomic E-state index is -0.501. The van der Waals surface area contributed by atoms with Crippen molar-refractivity contribution < 1.29 is 9.63 Å². The van der Waals surface area contributed by atoms with Gasteiger partial charge in [0.2, 0.25) is 0 Å². The van der Waals surface area contributed by atoms with Crippen molar-refractivity contribution in [1.29, 1.82) is 0 Å². The Labute approximate surface area is 191 Å². The molecule has 0 aliphatic rings. The number of oxime groups is 1. The first kappa shape index (κ1) is 20.4. The topological polar surface area (TPSA) is 56.5 Å². The van der Waals surface area contributed by atoms with Crippen molar-refractivity contribution in [1.82, 2.24) is 9.55 Å². The highest BCUT2D eigenvalue weighted by Crippen LogP contribution is 2.20. The maximum atomic E-state index is 12.7. The van der Waals surface area contributed by atoms with Crippen LogP contribution < -0.4 is 0 Å². The number of benzene rings is 4.